The number of rotatable bonds is 5. The van der Waals surface area contributed by atoms with Crippen molar-refractivity contribution in [2.75, 3.05) is 13.1 Å². The molecule has 2 heterocycles. The first-order valence-electron chi connectivity index (χ1n) is 9.15. The third-order valence-corrected chi connectivity index (χ3v) is 5.33. The van der Waals surface area contributed by atoms with Crippen molar-refractivity contribution < 1.29 is 9.90 Å². The smallest absolute Gasteiger partial charge is 0.274 e. The number of benzene rings is 1. The Morgan fingerprint density at radius 3 is 2.60 bits per heavy atom. The maximum atomic E-state index is 12.7. The van der Waals surface area contributed by atoms with Gasteiger partial charge in [-0.2, -0.15) is 5.10 Å². The summed E-state index contributed by atoms with van der Waals surface area (Å²) in [7, 11) is 0. The number of carbonyl (C=O) groups excluding carboxylic acids is 1. The highest BCUT2D eigenvalue weighted by molar-refractivity contribution is 5.94. The Balaban J connectivity index is 1.56. The molecule has 1 saturated heterocycles. The van der Waals surface area contributed by atoms with E-state index >= 15 is 0 Å². The van der Waals surface area contributed by atoms with Gasteiger partial charge in [-0.15, -0.1) is 0 Å². The molecule has 5 nitrogen and oxygen atoms in total. The summed E-state index contributed by atoms with van der Waals surface area (Å²) in [4.78, 5) is 14.6. The number of aryl methyl sites for hydroxylation is 1. The van der Waals surface area contributed by atoms with E-state index in [4.69, 9.17) is 0 Å². The van der Waals surface area contributed by atoms with Gasteiger partial charge in [0, 0.05) is 24.3 Å². The minimum Gasteiger partial charge on any atom is -0.392 e. The van der Waals surface area contributed by atoms with Crippen molar-refractivity contribution in [3.63, 3.8) is 0 Å². The van der Waals surface area contributed by atoms with Gasteiger partial charge in [-0.05, 0) is 44.1 Å². The number of aromatic amines is 1. The molecule has 0 saturated carbocycles. The van der Waals surface area contributed by atoms with Crippen LogP contribution in [0.4, 0.5) is 0 Å². The molecule has 5 heteroatoms. The number of aliphatic hydroxyl groups excluding tert-OH is 1. The first-order chi connectivity index (χ1) is 12.1. The topological polar surface area (TPSA) is 69.2 Å². The highest BCUT2D eigenvalue weighted by atomic mass is 16.3. The van der Waals surface area contributed by atoms with Crippen LogP contribution in [0, 0.1) is 12.8 Å². The Kier molecular flexibility index (Phi) is 5.53. The van der Waals surface area contributed by atoms with E-state index in [9.17, 15) is 9.90 Å². The highest BCUT2D eigenvalue weighted by Crippen LogP contribution is 2.24. The van der Waals surface area contributed by atoms with Gasteiger partial charge in [-0.1, -0.05) is 37.3 Å². The summed E-state index contributed by atoms with van der Waals surface area (Å²) in [6.45, 7) is 5.37. The molecule has 1 aliphatic rings. The number of nitrogens with zero attached hydrogens (tertiary/aromatic N) is 2. The molecule has 0 bridgehead atoms. The molecular weight excluding hydrogens is 314 g/mol. The molecule has 0 spiro atoms. The van der Waals surface area contributed by atoms with Crippen LogP contribution in [0.1, 0.15) is 47.1 Å². The molecule has 25 heavy (non-hydrogen) atoms. The molecule has 0 unspecified atom stereocenters. The molecule has 3 rings (SSSR count). The van der Waals surface area contributed by atoms with Crippen molar-refractivity contribution in [1.29, 1.82) is 0 Å². The Bertz CT molecular complexity index is 703. The van der Waals surface area contributed by atoms with E-state index in [1.165, 1.54) is 0 Å². The first kappa shape index (κ1) is 17.7. The zero-order valence-electron chi connectivity index (χ0n) is 15.0. The van der Waals surface area contributed by atoms with Crippen LogP contribution < -0.4 is 0 Å². The standard InChI is InChI=1S/C20H27N3O2/c1-3-17-14(2)19(22-21-17)20(25)23-11-9-16(10-12-23)18(24)13-15-7-5-4-6-8-15/h4-8,16,18,24H,3,9-13H2,1-2H3,(H,21,22)/t18-/m1/s1. The van der Waals surface area contributed by atoms with Crippen molar-refractivity contribution >= 4 is 5.91 Å². The maximum absolute atomic E-state index is 12.7. The molecule has 0 aliphatic carbocycles. The molecule has 1 aromatic heterocycles. The Morgan fingerprint density at radius 1 is 1.32 bits per heavy atom. The number of hydrogen-bond acceptors (Lipinski definition) is 3. The molecule has 1 atom stereocenters. The fourth-order valence-electron chi connectivity index (χ4n) is 3.65. The van der Waals surface area contributed by atoms with Crippen molar-refractivity contribution in [1.82, 2.24) is 15.1 Å². The summed E-state index contributed by atoms with van der Waals surface area (Å²) in [5.74, 6) is 0.250. The number of piperidine rings is 1. The highest BCUT2D eigenvalue weighted by Gasteiger charge is 2.29. The number of nitrogens with one attached hydrogen (secondary N) is 1. The van der Waals surface area contributed by atoms with Gasteiger partial charge in [-0.3, -0.25) is 9.89 Å². The number of amides is 1. The maximum Gasteiger partial charge on any atom is 0.274 e. The van der Waals surface area contributed by atoms with Crippen LogP contribution in [0.15, 0.2) is 30.3 Å². The lowest BCUT2D eigenvalue weighted by Crippen LogP contribution is -2.42. The number of aliphatic hydroxyl groups is 1. The van der Waals surface area contributed by atoms with E-state index in [0.717, 1.165) is 36.1 Å². The van der Waals surface area contributed by atoms with E-state index in [2.05, 4.69) is 10.2 Å². The van der Waals surface area contributed by atoms with Crippen LogP contribution in [0.2, 0.25) is 0 Å². The zero-order valence-corrected chi connectivity index (χ0v) is 15.0. The van der Waals surface area contributed by atoms with Gasteiger partial charge in [0.25, 0.3) is 5.91 Å². The lowest BCUT2D eigenvalue weighted by molar-refractivity contribution is 0.0463. The third-order valence-electron chi connectivity index (χ3n) is 5.33. The van der Waals surface area contributed by atoms with Gasteiger partial charge in [0.1, 0.15) is 0 Å². The molecule has 1 fully saturated rings. The van der Waals surface area contributed by atoms with Crippen LogP contribution in [-0.4, -0.2) is 45.3 Å². The quantitative estimate of drug-likeness (QED) is 0.878. The van der Waals surface area contributed by atoms with Gasteiger partial charge in [0.05, 0.1) is 6.10 Å². The predicted molar refractivity (Wildman–Crippen MR) is 97.5 cm³/mol. The summed E-state index contributed by atoms with van der Waals surface area (Å²) in [6, 6.07) is 10.1. The molecule has 1 aliphatic heterocycles. The molecule has 2 N–H and O–H groups in total. The zero-order chi connectivity index (χ0) is 17.8. The van der Waals surface area contributed by atoms with Gasteiger partial charge >= 0.3 is 0 Å². The Morgan fingerprint density at radius 2 is 2.00 bits per heavy atom. The van der Waals surface area contributed by atoms with Crippen molar-refractivity contribution in [2.24, 2.45) is 5.92 Å². The molecule has 134 valence electrons. The van der Waals surface area contributed by atoms with E-state index in [1.807, 2.05) is 49.1 Å². The minimum absolute atomic E-state index is 0.00412. The minimum atomic E-state index is -0.349. The van der Waals surface area contributed by atoms with E-state index in [0.29, 0.717) is 25.2 Å². The fourth-order valence-corrected chi connectivity index (χ4v) is 3.65. The van der Waals surface area contributed by atoms with Crippen LogP contribution in [0.3, 0.4) is 0 Å². The monoisotopic (exact) mass is 341 g/mol. The average molecular weight is 341 g/mol. The second kappa shape index (κ2) is 7.83. The van der Waals surface area contributed by atoms with E-state index < -0.39 is 0 Å². The second-order valence-corrected chi connectivity index (χ2v) is 6.92. The number of hydrogen-bond donors (Lipinski definition) is 2. The number of carbonyl (C=O) groups is 1. The molecular formula is C20H27N3O2. The van der Waals surface area contributed by atoms with Gasteiger partial charge in [0.15, 0.2) is 5.69 Å². The third kappa shape index (κ3) is 3.93. The van der Waals surface area contributed by atoms with Gasteiger partial charge in [0.2, 0.25) is 0 Å². The van der Waals surface area contributed by atoms with Crippen molar-refractivity contribution in [3.05, 3.63) is 52.8 Å². The lowest BCUT2D eigenvalue weighted by atomic mass is 9.88. The normalized spacial score (nSPS) is 16.8. The Labute approximate surface area is 149 Å². The first-order valence-corrected chi connectivity index (χ1v) is 9.15. The summed E-state index contributed by atoms with van der Waals surface area (Å²) < 4.78 is 0. The number of likely N-dealkylation sites (tertiary alicyclic amines) is 1. The van der Waals surface area contributed by atoms with E-state index in [-0.39, 0.29) is 17.9 Å². The number of H-pyrrole nitrogens is 1. The van der Waals surface area contributed by atoms with Crippen LogP contribution in [-0.2, 0) is 12.8 Å². The van der Waals surface area contributed by atoms with Crippen LogP contribution in [0.5, 0.6) is 0 Å². The van der Waals surface area contributed by atoms with Crippen LogP contribution >= 0.6 is 0 Å². The summed E-state index contributed by atoms with van der Waals surface area (Å²) >= 11 is 0. The van der Waals surface area contributed by atoms with Crippen molar-refractivity contribution in [2.45, 2.75) is 45.6 Å². The summed E-state index contributed by atoms with van der Waals surface area (Å²) in [5.41, 5.74) is 3.68. The second-order valence-electron chi connectivity index (χ2n) is 6.92. The van der Waals surface area contributed by atoms with Gasteiger partial charge in [-0.25, -0.2) is 0 Å². The fraction of sp³-hybridized carbons (Fsp3) is 0.500. The van der Waals surface area contributed by atoms with Gasteiger partial charge < -0.3 is 10.0 Å². The predicted octanol–water partition coefficient (Wildman–Crippen LogP) is 2.74. The molecule has 1 amide bonds. The van der Waals surface area contributed by atoms with Crippen molar-refractivity contribution in [3.8, 4) is 0 Å². The lowest BCUT2D eigenvalue weighted by Gasteiger charge is -2.34. The largest absolute Gasteiger partial charge is 0.392 e. The summed E-state index contributed by atoms with van der Waals surface area (Å²) in [6.07, 6.45) is 2.85. The van der Waals surface area contributed by atoms with Crippen LogP contribution in [0.25, 0.3) is 0 Å². The average Bonchev–Trinajstić information content (AvgIpc) is 3.02. The Hall–Kier alpha value is -2.14. The SMILES string of the molecule is CCc1[nH]nc(C(=O)N2CCC([C@H](O)Cc3ccccc3)CC2)c1C. The molecule has 2 aromatic rings. The summed E-state index contributed by atoms with van der Waals surface area (Å²) in [5, 5.41) is 17.7. The molecule has 1 aromatic carbocycles. The number of aromatic nitrogens is 2. The molecule has 0 radical (unpaired) electrons. The van der Waals surface area contributed by atoms with E-state index in [1.54, 1.807) is 0 Å².